The molecule has 0 unspecified atom stereocenters. The molecular weight excluding hydrogens is 270 g/mol. The Morgan fingerprint density at radius 1 is 1.50 bits per heavy atom. The van der Waals surface area contributed by atoms with E-state index in [0.717, 1.165) is 15.9 Å². The summed E-state index contributed by atoms with van der Waals surface area (Å²) in [5.41, 5.74) is 5.18. The summed E-state index contributed by atoms with van der Waals surface area (Å²) in [6, 6.07) is 0. The number of aryl methyl sites for hydroxylation is 2. The summed E-state index contributed by atoms with van der Waals surface area (Å²) < 4.78 is 2.95. The summed E-state index contributed by atoms with van der Waals surface area (Å²) in [6.45, 7) is 2.68. The molecule has 0 atom stereocenters. The molecule has 2 rings (SSSR count). The fourth-order valence-electron chi connectivity index (χ4n) is 2.11. The molecule has 0 aliphatic heterocycles. The molecule has 1 saturated carbocycles. The number of rotatable bonds is 4. The van der Waals surface area contributed by atoms with Crippen LogP contribution < -0.4 is 5.48 Å². The van der Waals surface area contributed by atoms with E-state index in [2.05, 4.69) is 26.5 Å². The molecular formula is C11H18BrN3O. The SMILES string of the molecule is Cc1nn(C)c(CNOC2CCCC2)c1Br. The minimum atomic E-state index is 0.396. The molecule has 1 N–H and O–H groups in total. The van der Waals surface area contributed by atoms with Gasteiger partial charge in [0.2, 0.25) is 0 Å². The number of hydrogen-bond donors (Lipinski definition) is 1. The van der Waals surface area contributed by atoms with Gasteiger partial charge in [-0.15, -0.1) is 0 Å². The van der Waals surface area contributed by atoms with Crippen molar-refractivity contribution in [2.24, 2.45) is 7.05 Å². The first-order valence-electron chi connectivity index (χ1n) is 5.75. The van der Waals surface area contributed by atoms with Crippen molar-refractivity contribution in [3.8, 4) is 0 Å². The third kappa shape index (κ3) is 2.64. The number of hydrogen-bond acceptors (Lipinski definition) is 3. The minimum absolute atomic E-state index is 0.396. The van der Waals surface area contributed by atoms with Crippen molar-refractivity contribution in [1.82, 2.24) is 15.3 Å². The van der Waals surface area contributed by atoms with Crippen molar-refractivity contribution in [3.05, 3.63) is 15.9 Å². The van der Waals surface area contributed by atoms with Crippen LogP contribution in [0.1, 0.15) is 37.1 Å². The van der Waals surface area contributed by atoms with Crippen LogP contribution in [0.4, 0.5) is 0 Å². The zero-order valence-electron chi connectivity index (χ0n) is 9.79. The number of aromatic nitrogens is 2. The Balaban J connectivity index is 1.84. The van der Waals surface area contributed by atoms with Gasteiger partial charge < -0.3 is 0 Å². The molecule has 1 heterocycles. The lowest BCUT2D eigenvalue weighted by molar-refractivity contribution is -0.0254. The predicted molar refractivity (Wildman–Crippen MR) is 65.8 cm³/mol. The van der Waals surface area contributed by atoms with Crippen LogP contribution in [-0.2, 0) is 18.4 Å². The van der Waals surface area contributed by atoms with Gasteiger partial charge in [0, 0.05) is 7.05 Å². The quantitative estimate of drug-likeness (QED) is 0.865. The van der Waals surface area contributed by atoms with Gasteiger partial charge in [0.15, 0.2) is 0 Å². The second-order valence-corrected chi connectivity index (χ2v) is 5.11. The highest BCUT2D eigenvalue weighted by Crippen LogP contribution is 2.22. The Hall–Kier alpha value is -0.390. The van der Waals surface area contributed by atoms with E-state index in [1.807, 2.05) is 18.7 Å². The zero-order chi connectivity index (χ0) is 11.5. The summed E-state index contributed by atoms with van der Waals surface area (Å²) in [5, 5.41) is 4.34. The van der Waals surface area contributed by atoms with Crippen LogP contribution in [0, 0.1) is 6.92 Å². The molecule has 0 amide bonds. The van der Waals surface area contributed by atoms with E-state index < -0.39 is 0 Å². The molecule has 16 heavy (non-hydrogen) atoms. The van der Waals surface area contributed by atoms with Crippen LogP contribution in [0.15, 0.2) is 4.47 Å². The molecule has 0 bridgehead atoms. The lowest BCUT2D eigenvalue weighted by Crippen LogP contribution is -2.22. The van der Waals surface area contributed by atoms with Crippen LogP contribution in [0.2, 0.25) is 0 Å². The molecule has 90 valence electrons. The third-order valence-corrected chi connectivity index (χ3v) is 4.08. The van der Waals surface area contributed by atoms with Crippen LogP contribution >= 0.6 is 15.9 Å². The summed E-state index contributed by atoms with van der Waals surface area (Å²) in [7, 11) is 1.95. The van der Waals surface area contributed by atoms with E-state index in [1.54, 1.807) is 0 Å². The molecule has 0 saturated heterocycles. The Morgan fingerprint density at radius 3 is 2.75 bits per heavy atom. The van der Waals surface area contributed by atoms with Crippen molar-refractivity contribution in [2.75, 3.05) is 0 Å². The molecule has 5 heteroatoms. The van der Waals surface area contributed by atoms with E-state index in [1.165, 1.54) is 25.7 Å². The maximum atomic E-state index is 5.61. The van der Waals surface area contributed by atoms with Crippen molar-refractivity contribution < 1.29 is 4.84 Å². The van der Waals surface area contributed by atoms with E-state index in [4.69, 9.17) is 4.84 Å². The van der Waals surface area contributed by atoms with Gasteiger partial charge in [-0.3, -0.25) is 9.52 Å². The van der Waals surface area contributed by atoms with Gasteiger partial charge in [-0.25, -0.2) is 0 Å². The highest BCUT2D eigenvalue weighted by atomic mass is 79.9. The molecule has 0 spiro atoms. The molecule has 1 aliphatic rings. The van der Waals surface area contributed by atoms with Crippen LogP contribution in [0.3, 0.4) is 0 Å². The fraction of sp³-hybridized carbons (Fsp3) is 0.727. The first-order valence-corrected chi connectivity index (χ1v) is 6.54. The third-order valence-electron chi connectivity index (χ3n) is 3.05. The number of hydroxylamine groups is 1. The summed E-state index contributed by atoms with van der Waals surface area (Å²) in [5.74, 6) is 0. The van der Waals surface area contributed by atoms with Gasteiger partial charge in [-0.05, 0) is 35.7 Å². The van der Waals surface area contributed by atoms with E-state index in [9.17, 15) is 0 Å². The highest BCUT2D eigenvalue weighted by molar-refractivity contribution is 9.10. The summed E-state index contributed by atoms with van der Waals surface area (Å²) >= 11 is 3.54. The topological polar surface area (TPSA) is 39.1 Å². The first kappa shape index (κ1) is 12.1. The average Bonchev–Trinajstić information content (AvgIpc) is 2.82. The van der Waals surface area contributed by atoms with E-state index >= 15 is 0 Å². The largest absolute Gasteiger partial charge is 0.298 e. The summed E-state index contributed by atoms with van der Waals surface area (Å²) in [6.07, 6.45) is 5.34. The molecule has 0 aromatic carbocycles. The van der Waals surface area contributed by atoms with Crippen LogP contribution in [-0.4, -0.2) is 15.9 Å². The Bertz CT molecular complexity index is 358. The summed E-state index contributed by atoms with van der Waals surface area (Å²) in [4.78, 5) is 5.61. The normalized spacial score (nSPS) is 17.2. The number of nitrogens with one attached hydrogen (secondary N) is 1. The Labute approximate surface area is 104 Å². The second-order valence-electron chi connectivity index (χ2n) is 4.32. The van der Waals surface area contributed by atoms with Crippen LogP contribution in [0.25, 0.3) is 0 Å². The number of halogens is 1. The molecule has 1 aromatic heterocycles. The lowest BCUT2D eigenvalue weighted by Gasteiger charge is -2.11. The zero-order valence-corrected chi connectivity index (χ0v) is 11.4. The smallest absolute Gasteiger partial charge is 0.0790 e. The van der Waals surface area contributed by atoms with Crippen molar-refractivity contribution in [2.45, 2.75) is 45.3 Å². The van der Waals surface area contributed by atoms with Gasteiger partial charge in [-0.1, -0.05) is 12.8 Å². The predicted octanol–water partition coefficient (Wildman–Crippen LogP) is 2.45. The average molecular weight is 288 g/mol. The van der Waals surface area contributed by atoms with Gasteiger partial charge >= 0.3 is 0 Å². The van der Waals surface area contributed by atoms with Crippen molar-refractivity contribution >= 4 is 15.9 Å². The van der Waals surface area contributed by atoms with Gasteiger partial charge in [-0.2, -0.15) is 10.6 Å². The van der Waals surface area contributed by atoms with Gasteiger partial charge in [0.05, 0.1) is 28.5 Å². The first-order chi connectivity index (χ1) is 7.68. The fourth-order valence-corrected chi connectivity index (χ4v) is 2.58. The second kappa shape index (κ2) is 5.29. The van der Waals surface area contributed by atoms with E-state index in [-0.39, 0.29) is 0 Å². The van der Waals surface area contributed by atoms with Crippen molar-refractivity contribution in [3.63, 3.8) is 0 Å². The molecule has 1 aliphatic carbocycles. The molecule has 1 aromatic rings. The van der Waals surface area contributed by atoms with Gasteiger partial charge in [0.1, 0.15) is 0 Å². The maximum absolute atomic E-state index is 5.61. The highest BCUT2D eigenvalue weighted by Gasteiger charge is 2.16. The molecule has 0 radical (unpaired) electrons. The monoisotopic (exact) mass is 287 g/mol. The number of nitrogens with zero attached hydrogens (tertiary/aromatic N) is 2. The minimum Gasteiger partial charge on any atom is -0.298 e. The van der Waals surface area contributed by atoms with E-state index in [0.29, 0.717) is 12.6 Å². The maximum Gasteiger partial charge on any atom is 0.0790 e. The van der Waals surface area contributed by atoms with Crippen molar-refractivity contribution in [1.29, 1.82) is 0 Å². The van der Waals surface area contributed by atoms with Gasteiger partial charge in [0.25, 0.3) is 0 Å². The molecule has 1 fully saturated rings. The molecule has 4 nitrogen and oxygen atoms in total. The Kier molecular flexibility index (Phi) is 4.00. The van der Waals surface area contributed by atoms with Crippen LogP contribution in [0.5, 0.6) is 0 Å². The lowest BCUT2D eigenvalue weighted by atomic mass is 10.3. The standard InChI is InChI=1S/C11H18BrN3O/c1-8-11(12)10(15(2)14-8)7-13-16-9-5-3-4-6-9/h9,13H,3-7H2,1-2H3. The Morgan fingerprint density at radius 2 is 2.19 bits per heavy atom.